The molecule has 0 saturated heterocycles. The molecule has 17 heavy (non-hydrogen) atoms. The minimum Gasteiger partial charge on any atom is -0.293 e. The smallest absolute Gasteiger partial charge is 0.293 e. The molecule has 0 fully saturated rings. The highest BCUT2D eigenvalue weighted by molar-refractivity contribution is 9.09. The van der Waals surface area contributed by atoms with Gasteiger partial charge in [0.25, 0.3) is 0 Å². The highest BCUT2D eigenvalue weighted by atomic mass is 79.9. The van der Waals surface area contributed by atoms with Crippen LogP contribution in [0.3, 0.4) is 0 Å². The van der Waals surface area contributed by atoms with Gasteiger partial charge in [0.15, 0.2) is 5.78 Å². The van der Waals surface area contributed by atoms with Gasteiger partial charge in [-0.05, 0) is 18.6 Å². The molecule has 0 aliphatic rings. The number of carbonyl (C=O) groups is 1. The van der Waals surface area contributed by atoms with Crippen molar-refractivity contribution in [3.05, 3.63) is 34.4 Å². The second-order valence-corrected chi connectivity index (χ2v) is 3.91. The van der Waals surface area contributed by atoms with Crippen molar-refractivity contribution < 1.29 is 18.0 Å². The van der Waals surface area contributed by atoms with Crippen molar-refractivity contribution in [1.82, 2.24) is 0 Å². The number of Topliss-reactive ketones (excluding diaryl/α,β-unsaturated/α-hetero) is 1. The van der Waals surface area contributed by atoms with E-state index in [1.165, 1.54) is 19.1 Å². The lowest BCUT2D eigenvalue weighted by Crippen LogP contribution is -2.14. The molecule has 1 aromatic carbocycles. The average molecular weight is 306 g/mol. The Morgan fingerprint density at radius 3 is 2.47 bits per heavy atom. The van der Waals surface area contributed by atoms with E-state index in [2.05, 4.69) is 15.9 Å². The first-order chi connectivity index (χ1) is 7.82. The van der Waals surface area contributed by atoms with Gasteiger partial charge in [-0.25, -0.2) is 0 Å². The van der Waals surface area contributed by atoms with Gasteiger partial charge in [-0.15, -0.1) is 0 Å². The van der Waals surface area contributed by atoms with E-state index in [4.69, 9.17) is 5.26 Å². The lowest BCUT2D eigenvalue weighted by atomic mass is 9.94. The summed E-state index contributed by atoms with van der Waals surface area (Å²) >= 11 is 2.88. The number of benzene rings is 1. The van der Waals surface area contributed by atoms with Gasteiger partial charge in [0.2, 0.25) is 0 Å². The highest BCUT2D eigenvalue weighted by Gasteiger charge is 2.35. The zero-order valence-corrected chi connectivity index (χ0v) is 10.3. The van der Waals surface area contributed by atoms with E-state index < -0.39 is 23.1 Å². The third kappa shape index (κ3) is 2.67. The van der Waals surface area contributed by atoms with E-state index >= 15 is 0 Å². The van der Waals surface area contributed by atoms with Crippen molar-refractivity contribution in [2.75, 3.05) is 5.33 Å². The van der Waals surface area contributed by atoms with E-state index in [0.29, 0.717) is 5.56 Å². The molecule has 0 saturated carbocycles. The number of rotatable bonds is 2. The number of alkyl halides is 4. The fraction of sp³-hybridized carbons (Fsp3) is 0.273. The third-order valence-corrected chi connectivity index (χ3v) is 2.74. The number of nitriles is 1. The van der Waals surface area contributed by atoms with Gasteiger partial charge in [-0.1, -0.05) is 22.0 Å². The van der Waals surface area contributed by atoms with Crippen molar-refractivity contribution in [2.24, 2.45) is 0 Å². The first kappa shape index (κ1) is 13.7. The molecule has 0 aliphatic carbocycles. The fourth-order valence-electron chi connectivity index (χ4n) is 1.49. The van der Waals surface area contributed by atoms with Crippen LogP contribution in [0.15, 0.2) is 12.1 Å². The predicted octanol–water partition coefficient (Wildman–Crippen LogP) is 3.46. The van der Waals surface area contributed by atoms with Crippen LogP contribution in [0.5, 0.6) is 0 Å². The normalized spacial score (nSPS) is 11.1. The van der Waals surface area contributed by atoms with Crippen LogP contribution >= 0.6 is 15.9 Å². The minimum atomic E-state index is -4.64. The van der Waals surface area contributed by atoms with Gasteiger partial charge < -0.3 is 0 Å². The molecule has 1 rings (SSSR count). The van der Waals surface area contributed by atoms with Crippen molar-refractivity contribution in [1.29, 1.82) is 5.26 Å². The summed E-state index contributed by atoms with van der Waals surface area (Å²) < 4.78 is 37.9. The molecule has 0 bridgehead atoms. The second kappa shape index (κ2) is 4.88. The lowest BCUT2D eigenvalue weighted by molar-refractivity contribution is -0.137. The largest absolute Gasteiger partial charge is 0.417 e. The Morgan fingerprint density at radius 1 is 1.47 bits per heavy atom. The molecule has 0 N–H and O–H groups in total. The van der Waals surface area contributed by atoms with Crippen molar-refractivity contribution in [2.45, 2.75) is 13.1 Å². The zero-order chi connectivity index (χ0) is 13.2. The summed E-state index contributed by atoms with van der Waals surface area (Å²) in [4.78, 5) is 11.5. The number of halogens is 4. The molecule has 0 unspecified atom stereocenters. The molecule has 0 spiro atoms. The van der Waals surface area contributed by atoms with Crippen molar-refractivity contribution >= 4 is 21.7 Å². The molecular formula is C11H7BrF3NO. The molecular weight excluding hydrogens is 299 g/mol. The summed E-state index contributed by atoms with van der Waals surface area (Å²) in [7, 11) is 0. The number of aryl methyl sites for hydroxylation is 1. The van der Waals surface area contributed by atoms with Gasteiger partial charge in [0, 0.05) is 5.56 Å². The second-order valence-electron chi connectivity index (χ2n) is 3.35. The maximum Gasteiger partial charge on any atom is 0.417 e. The topological polar surface area (TPSA) is 40.9 Å². The van der Waals surface area contributed by atoms with Crippen LogP contribution in [0.1, 0.15) is 27.0 Å². The zero-order valence-electron chi connectivity index (χ0n) is 8.73. The van der Waals surface area contributed by atoms with E-state index in [-0.39, 0.29) is 10.9 Å². The fourth-order valence-corrected chi connectivity index (χ4v) is 1.77. The molecule has 0 radical (unpaired) electrons. The lowest BCUT2D eigenvalue weighted by Gasteiger charge is -2.13. The maximum absolute atomic E-state index is 12.6. The summed E-state index contributed by atoms with van der Waals surface area (Å²) in [5.41, 5.74) is -1.49. The molecule has 0 amide bonds. The molecule has 1 aromatic rings. The molecule has 6 heteroatoms. The van der Waals surface area contributed by atoms with E-state index in [9.17, 15) is 18.0 Å². The molecule has 0 aromatic heterocycles. The Balaban J connectivity index is 3.61. The summed E-state index contributed by atoms with van der Waals surface area (Å²) in [5.74, 6) is -0.537. The maximum atomic E-state index is 12.6. The summed E-state index contributed by atoms with van der Waals surface area (Å²) in [5, 5.41) is 8.69. The van der Waals surface area contributed by atoms with Crippen LogP contribution in [0.25, 0.3) is 0 Å². The van der Waals surface area contributed by atoms with Crippen molar-refractivity contribution in [3.8, 4) is 6.07 Å². The molecule has 2 nitrogen and oxygen atoms in total. The van der Waals surface area contributed by atoms with E-state index in [1.54, 1.807) is 0 Å². The Labute approximate surface area is 104 Å². The van der Waals surface area contributed by atoms with Gasteiger partial charge >= 0.3 is 6.18 Å². The average Bonchev–Trinajstić information content (AvgIpc) is 2.25. The van der Waals surface area contributed by atoms with Gasteiger partial charge in [-0.2, -0.15) is 18.4 Å². The van der Waals surface area contributed by atoms with E-state index in [1.807, 2.05) is 0 Å². The summed E-state index contributed by atoms with van der Waals surface area (Å²) in [6.07, 6.45) is -4.64. The van der Waals surface area contributed by atoms with Crippen LogP contribution in [0.2, 0.25) is 0 Å². The Kier molecular flexibility index (Phi) is 3.94. The van der Waals surface area contributed by atoms with Crippen molar-refractivity contribution in [3.63, 3.8) is 0 Å². The Morgan fingerprint density at radius 2 is 2.06 bits per heavy atom. The van der Waals surface area contributed by atoms with Crippen LogP contribution in [-0.4, -0.2) is 11.1 Å². The van der Waals surface area contributed by atoms with E-state index in [0.717, 1.165) is 6.07 Å². The molecule has 90 valence electrons. The standard InChI is InChI=1S/C11H7BrF3NO/c1-6-2-3-8(11(13,14)15)7(5-16)10(6)9(17)4-12/h2-3H,4H2,1H3. The van der Waals surface area contributed by atoms with Gasteiger partial charge in [-0.3, -0.25) is 4.79 Å². The number of nitrogens with zero attached hydrogens (tertiary/aromatic N) is 1. The number of carbonyl (C=O) groups excluding carboxylic acids is 1. The van der Waals surface area contributed by atoms with Crippen LogP contribution in [0.4, 0.5) is 13.2 Å². The van der Waals surface area contributed by atoms with Gasteiger partial charge in [0.05, 0.1) is 16.5 Å². The molecule has 0 heterocycles. The quantitative estimate of drug-likeness (QED) is 0.620. The Bertz CT molecular complexity index is 503. The first-order valence-electron chi connectivity index (χ1n) is 4.53. The number of hydrogen-bond donors (Lipinski definition) is 0. The first-order valence-corrected chi connectivity index (χ1v) is 5.65. The predicted molar refractivity (Wildman–Crippen MR) is 59.0 cm³/mol. The molecule has 0 aliphatic heterocycles. The number of hydrogen-bond acceptors (Lipinski definition) is 2. The van der Waals surface area contributed by atoms with Crippen LogP contribution in [0, 0.1) is 18.3 Å². The SMILES string of the molecule is Cc1ccc(C(F)(F)F)c(C#N)c1C(=O)CBr. The minimum absolute atomic E-state index is 0.121. The summed E-state index contributed by atoms with van der Waals surface area (Å²) in [6, 6.07) is 3.48. The summed E-state index contributed by atoms with van der Waals surface area (Å²) in [6.45, 7) is 1.50. The van der Waals surface area contributed by atoms with Crippen LogP contribution in [-0.2, 0) is 6.18 Å². The molecule has 0 atom stereocenters. The highest BCUT2D eigenvalue weighted by Crippen LogP contribution is 2.34. The van der Waals surface area contributed by atoms with Gasteiger partial charge in [0.1, 0.15) is 6.07 Å². The third-order valence-electron chi connectivity index (χ3n) is 2.23. The monoisotopic (exact) mass is 305 g/mol. The number of ketones is 1. The van der Waals surface area contributed by atoms with Crippen LogP contribution < -0.4 is 0 Å². The Hall–Kier alpha value is -1.35.